The molecular formula is C25H27Cl2N5OS2. The molecule has 4 aliphatic rings. The number of hydrogen-bond donors (Lipinski definition) is 1. The number of amides is 1. The first-order valence-electron chi connectivity index (χ1n) is 12.1. The molecule has 7 rings (SSSR count). The minimum absolute atomic E-state index is 0.122. The Morgan fingerprint density at radius 3 is 2.57 bits per heavy atom. The average Bonchev–Trinajstić information content (AvgIpc) is 3.38. The lowest BCUT2D eigenvalue weighted by atomic mass is 9.49. The van der Waals surface area contributed by atoms with Gasteiger partial charge in [-0.2, -0.15) is 0 Å². The summed E-state index contributed by atoms with van der Waals surface area (Å²) in [6.07, 6.45) is 9.42. The van der Waals surface area contributed by atoms with Crippen molar-refractivity contribution in [3.05, 3.63) is 39.4 Å². The van der Waals surface area contributed by atoms with Gasteiger partial charge in [-0.25, -0.2) is 4.98 Å². The smallest absolute Gasteiger partial charge is 0.236 e. The van der Waals surface area contributed by atoms with Gasteiger partial charge in [-0.1, -0.05) is 35.0 Å². The second-order valence-electron chi connectivity index (χ2n) is 10.6. The van der Waals surface area contributed by atoms with Crippen molar-refractivity contribution >= 4 is 57.3 Å². The fourth-order valence-corrected chi connectivity index (χ4v) is 8.87. The van der Waals surface area contributed by atoms with Gasteiger partial charge in [0.15, 0.2) is 10.3 Å². The molecule has 35 heavy (non-hydrogen) atoms. The number of thioether (sulfide) groups is 1. The second-order valence-corrected chi connectivity index (χ2v) is 13.2. The van der Waals surface area contributed by atoms with Crippen LogP contribution in [0.25, 0.3) is 11.3 Å². The maximum atomic E-state index is 12.6. The summed E-state index contributed by atoms with van der Waals surface area (Å²) in [7, 11) is 2.03. The van der Waals surface area contributed by atoms with E-state index >= 15 is 0 Å². The van der Waals surface area contributed by atoms with Gasteiger partial charge in [0, 0.05) is 29.4 Å². The van der Waals surface area contributed by atoms with Gasteiger partial charge in [0.05, 0.1) is 16.5 Å². The molecule has 2 aromatic heterocycles. The summed E-state index contributed by atoms with van der Waals surface area (Å²) in [5.41, 5.74) is 1.92. The zero-order valence-electron chi connectivity index (χ0n) is 19.5. The van der Waals surface area contributed by atoms with Gasteiger partial charge in [0.2, 0.25) is 5.91 Å². The number of benzene rings is 1. The normalized spacial score (nSPS) is 26.9. The molecule has 0 spiro atoms. The van der Waals surface area contributed by atoms with E-state index in [1.54, 1.807) is 12.1 Å². The highest BCUT2D eigenvalue weighted by atomic mass is 35.5. The van der Waals surface area contributed by atoms with E-state index in [0.717, 1.165) is 40.7 Å². The Morgan fingerprint density at radius 1 is 1.17 bits per heavy atom. The number of nitrogens with one attached hydrogen (secondary N) is 1. The largest absolute Gasteiger partial charge is 0.309 e. The lowest BCUT2D eigenvalue weighted by molar-refractivity contribution is -0.113. The van der Waals surface area contributed by atoms with Crippen molar-refractivity contribution in [3.8, 4) is 11.3 Å². The molecule has 1 amide bonds. The molecule has 1 N–H and O–H groups in total. The van der Waals surface area contributed by atoms with Gasteiger partial charge in [-0.3, -0.25) is 4.79 Å². The Hall–Kier alpha value is -1.61. The molecule has 2 heterocycles. The number of carbonyl (C=O) groups is 1. The maximum absolute atomic E-state index is 12.6. The van der Waals surface area contributed by atoms with E-state index in [1.807, 2.05) is 18.5 Å². The first-order chi connectivity index (χ1) is 16.9. The number of nitrogens with zero attached hydrogens (tertiary/aromatic N) is 4. The highest BCUT2D eigenvalue weighted by Crippen LogP contribution is 2.61. The van der Waals surface area contributed by atoms with Gasteiger partial charge in [-0.05, 0) is 79.9 Å². The molecule has 4 aliphatic carbocycles. The number of aromatic nitrogens is 4. The Balaban J connectivity index is 1.06. The zero-order chi connectivity index (χ0) is 24.2. The van der Waals surface area contributed by atoms with Crippen LogP contribution in [0.3, 0.4) is 0 Å². The zero-order valence-corrected chi connectivity index (χ0v) is 22.6. The van der Waals surface area contributed by atoms with Crippen LogP contribution in [0.1, 0.15) is 44.3 Å². The molecule has 6 nitrogen and oxygen atoms in total. The van der Waals surface area contributed by atoms with Gasteiger partial charge in [-0.15, -0.1) is 21.5 Å². The fourth-order valence-electron chi connectivity index (χ4n) is 6.90. The van der Waals surface area contributed by atoms with Crippen molar-refractivity contribution < 1.29 is 4.79 Å². The van der Waals surface area contributed by atoms with Crippen molar-refractivity contribution in [3.63, 3.8) is 0 Å². The van der Waals surface area contributed by atoms with Crippen LogP contribution in [0, 0.1) is 23.2 Å². The molecule has 4 bridgehead atoms. The van der Waals surface area contributed by atoms with E-state index < -0.39 is 0 Å². The molecule has 1 aromatic carbocycles. The number of rotatable bonds is 7. The Morgan fingerprint density at radius 2 is 1.89 bits per heavy atom. The van der Waals surface area contributed by atoms with Crippen molar-refractivity contribution in [1.82, 2.24) is 19.7 Å². The Bertz CT molecular complexity index is 1240. The molecule has 0 saturated heterocycles. The predicted molar refractivity (Wildman–Crippen MR) is 142 cm³/mol. The van der Waals surface area contributed by atoms with Gasteiger partial charge in [0.1, 0.15) is 5.82 Å². The van der Waals surface area contributed by atoms with Crippen LogP contribution in [0.5, 0.6) is 0 Å². The van der Waals surface area contributed by atoms with E-state index in [2.05, 4.69) is 25.1 Å². The molecule has 4 fully saturated rings. The average molecular weight is 549 g/mol. The second kappa shape index (κ2) is 9.36. The molecule has 0 unspecified atom stereocenters. The third kappa shape index (κ3) is 4.87. The van der Waals surface area contributed by atoms with E-state index in [0.29, 0.717) is 26.3 Å². The summed E-state index contributed by atoms with van der Waals surface area (Å²) in [6.45, 7) is 0. The molecule has 10 heteroatoms. The van der Waals surface area contributed by atoms with Crippen molar-refractivity contribution in [2.24, 2.45) is 30.2 Å². The summed E-state index contributed by atoms with van der Waals surface area (Å²) in [6, 6.07) is 5.29. The van der Waals surface area contributed by atoms with Crippen LogP contribution in [0.15, 0.2) is 28.7 Å². The van der Waals surface area contributed by atoms with Crippen LogP contribution in [0.2, 0.25) is 10.0 Å². The SMILES string of the molecule is Cn1c(CC23CC4CC(CC(C4)C2)C3)nnc1SCC(=O)Nc1nc(-c2ccc(Cl)cc2Cl)cs1. The highest BCUT2D eigenvalue weighted by Gasteiger charge is 2.51. The minimum Gasteiger partial charge on any atom is -0.309 e. The minimum atomic E-state index is -0.122. The van der Waals surface area contributed by atoms with E-state index in [9.17, 15) is 4.79 Å². The van der Waals surface area contributed by atoms with Crippen molar-refractivity contribution in [2.45, 2.75) is 50.1 Å². The van der Waals surface area contributed by atoms with Crippen LogP contribution in [0.4, 0.5) is 5.13 Å². The number of anilines is 1. The third-order valence-corrected chi connectivity index (χ3v) is 10.2. The molecule has 0 aliphatic heterocycles. The van der Waals surface area contributed by atoms with E-state index in [-0.39, 0.29) is 11.7 Å². The van der Waals surface area contributed by atoms with Crippen LogP contribution < -0.4 is 5.32 Å². The molecule has 0 atom stereocenters. The summed E-state index contributed by atoms with van der Waals surface area (Å²) in [4.78, 5) is 17.1. The van der Waals surface area contributed by atoms with Gasteiger partial charge < -0.3 is 9.88 Å². The van der Waals surface area contributed by atoms with Crippen LogP contribution in [-0.2, 0) is 18.3 Å². The number of halogens is 2. The van der Waals surface area contributed by atoms with Crippen LogP contribution in [-0.4, -0.2) is 31.4 Å². The van der Waals surface area contributed by atoms with E-state index in [1.165, 1.54) is 61.6 Å². The molecule has 3 aromatic rings. The number of thiazole rings is 1. The third-order valence-electron chi connectivity index (χ3n) is 7.91. The number of hydrogen-bond acceptors (Lipinski definition) is 6. The monoisotopic (exact) mass is 547 g/mol. The predicted octanol–water partition coefficient (Wildman–Crippen LogP) is 6.74. The Kier molecular flexibility index (Phi) is 6.36. The molecular weight excluding hydrogens is 521 g/mol. The molecule has 4 saturated carbocycles. The maximum Gasteiger partial charge on any atom is 0.236 e. The van der Waals surface area contributed by atoms with Crippen molar-refractivity contribution in [2.75, 3.05) is 11.1 Å². The first kappa shape index (κ1) is 23.8. The quantitative estimate of drug-likeness (QED) is 0.331. The van der Waals surface area contributed by atoms with Gasteiger partial charge in [0.25, 0.3) is 0 Å². The summed E-state index contributed by atoms with van der Waals surface area (Å²) in [5.74, 6) is 3.96. The van der Waals surface area contributed by atoms with Crippen LogP contribution >= 0.6 is 46.3 Å². The lowest BCUT2D eigenvalue weighted by Crippen LogP contribution is -2.47. The summed E-state index contributed by atoms with van der Waals surface area (Å²) in [5, 5.41) is 16.1. The topological polar surface area (TPSA) is 72.7 Å². The highest BCUT2D eigenvalue weighted by molar-refractivity contribution is 7.99. The van der Waals surface area contributed by atoms with Gasteiger partial charge >= 0.3 is 0 Å². The first-order valence-corrected chi connectivity index (χ1v) is 14.7. The summed E-state index contributed by atoms with van der Waals surface area (Å²) < 4.78 is 2.08. The lowest BCUT2D eigenvalue weighted by Gasteiger charge is -2.56. The van der Waals surface area contributed by atoms with Crippen molar-refractivity contribution in [1.29, 1.82) is 0 Å². The fraction of sp³-hybridized carbons (Fsp3) is 0.520. The Labute approximate surface area is 223 Å². The molecule has 184 valence electrons. The summed E-state index contributed by atoms with van der Waals surface area (Å²) >= 11 is 15.1. The molecule has 0 radical (unpaired) electrons. The standard InChI is InChI=1S/C25H27Cl2N5OS2/c1-32-21(11-25-8-14-4-15(9-25)6-16(5-14)10-25)30-31-24(32)35-13-22(33)29-23-28-20(12-34-23)18-3-2-17(26)7-19(18)27/h2-3,7,12,14-16H,4-6,8-11,13H2,1H3,(H,28,29,33). The van der Waals surface area contributed by atoms with E-state index in [4.69, 9.17) is 23.2 Å². The number of carbonyl (C=O) groups excluding carboxylic acids is 1.